The first-order valence-corrected chi connectivity index (χ1v) is 8.14. The molecule has 0 spiro atoms. The van der Waals surface area contributed by atoms with Gasteiger partial charge in [0.05, 0.1) is 5.69 Å². The summed E-state index contributed by atoms with van der Waals surface area (Å²) in [5, 5.41) is 0. The molecule has 118 valence electrons. The van der Waals surface area contributed by atoms with Gasteiger partial charge in [-0.05, 0) is 31.4 Å². The fourth-order valence-electron chi connectivity index (χ4n) is 3.92. The van der Waals surface area contributed by atoms with Crippen molar-refractivity contribution in [3.05, 3.63) is 52.2 Å². The normalized spacial score (nSPS) is 17.6. The Morgan fingerprint density at radius 1 is 1.18 bits per heavy atom. The molecule has 0 saturated heterocycles. The molecule has 3 rings (SSSR count). The number of nitrogens with zero attached hydrogens (tertiary/aromatic N) is 2. The predicted octanol–water partition coefficient (Wildman–Crippen LogP) is 2.65. The topological polar surface area (TPSA) is 53.0 Å². The summed E-state index contributed by atoms with van der Waals surface area (Å²) >= 11 is 0. The molecule has 0 bridgehead atoms. The minimum atomic E-state index is 0.00734. The van der Waals surface area contributed by atoms with Gasteiger partial charge in [0.15, 0.2) is 0 Å². The second-order valence-electron chi connectivity index (χ2n) is 6.56. The highest BCUT2D eigenvalue weighted by Gasteiger charge is 2.35. The molecule has 1 saturated carbocycles. The molecule has 0 aliphatic heterocycles. The Kier molecular flexibility index (Phi) is 3.96. The molecule has 1 fully saturated rings. The van der Waals surface area contributed by atoms with Crippen LogP contribution < -0.4 is 11.4 Å². The van der Waals surface area contributed by atoms with E-state index < -0.39 is 0 Å². The maximum absolute atomic E-state index is 12.5. The van der Waals surface area contributed by atoms with Crippen LogP contribution in [0, 0.1) is 6.92 Å². The maximum atomic E-state index is 12.5. The molecule has 1 aromatic carbocycles. The van der Waals surface area contributed by atoms with E-state index in [9.17, 15) is 4.79 Å². The van der Waals surface area contributed by atoms with Crippen LogP contribution in [0.2, 0.25) is 0 Å². The summed E-state index contributed by atoms with van der Waals surface area (Å²) in [7, 11) is 1.80. The fourth-order valence-corrected chi connectivity index (χ4v) is 3.92. The Morgan fingerprint density at radius 2 is 1.86 bits per heavy atom. The SMILES string of the molecule is Cc1cn(C)c(=O)n1-c1ccccc1C1(CN)CCCCC1. The summed E-state index contributed by atoms with van der Waals surface area (Å²) in [4.78, 5) is 12.5. The monoisotopic (exact) mass is 299 g/mol. The van der Waals surface area contributed by atoms with Crippen LogP contribution in [0.4, 0.5) is 0 Å². The summed E-state index contributed by atoms with van der Waals surface area (Å²) < 4.78 is 3.46. The fraction of sp³-hybridized carbons (Fsp3) is 0.500. The summed E-state index contributed by atoms with van der Waals surface area (Å²) in [6, 6.07) is 8.28. The van der Waals surface area contributed by atoms with Gasteiger partial charge in [-0.2, -0.15) is 0 Å². The van der Waals surface area contributed by atoms with Crippen LogP contribution in [0.25, 0.3) is 5.69 Å². The van der Waals surface area contributed by atoms with Gasteiger partial charge in [0.25, 0.3) is 0 Å². The van der Waals surface area contributed by atoms with Crippen LogP contribution >= 0.6 is 0 Å². The van der Waals surface area contributed by atoms with E-state index >= 15 is 0 Å². The zero-order valence-electron chi connectivity index (χ0n) is 13.5. The van der Waals surface area contributed by atoms with Crippen molar-refractivity contribution in [3.8, 4) is 5.69 Å². The second kappa shape index (κ2) is 5.76. The van der Waals surface area contributed by atoms with E-state index in [0.717, 1.165) is 24.2 Å². The summed E-state index contributed by atoms with van der Waals surface area (Å²) in [6.07, 6.45) is 7.83. The molecule has 1 heterocycles. The lowest BCUT2D eigenvalue weighted by atomic mass is 9.69. The third-order valence-corrected chi connectivity index (χ3v) is 5.14. The molecular weight excluding hydrogens is 274 g/mol. The number of imidazole rings is 1. The average Bonchev–Trinajstić information content (AvgIpc) is 2.80. The van der Waals surface area contributed by atoms with Crippen molar-refractivity contribution >= 4 is 0 Å². The van der Waals surface area contributed by atoms with E-state index in [1.165, 1.54) is 24.8 Å². The van der Waals surface area contributed by atoms with Gasteiger partial charge in [-0.3, -0.25) is 4.57 Å². The molecular formula is C18H25N3O. The number of aromatic nitrogens is 2. The molecule has 1 aliphatic carbocycles. The highest BCUT2D eigenvalue weighted by atomic mass is 16.1. The van der Waals surface area contributed by atoms with Crippen LogP contribution in [-0.4, -0.2) is 15.7 Å². The average molecular weight is 299 g/mol. The quantitative estimate of drug-likeness (QED) is 0.947. The summed E-state index contributed by atoms with van der Waals surface area (Å²) in [6.45, 7) is 2.62. The molecule has 0 amide bonds. The van der Waals surface area contributed by atoms with Crippen LogP contribution in [0.15, 0.2) is 35.3 Å². The van der Waals surface area contributed by atoms with Crippen LogP contribution in [-0.2, 0) is 12.5 Å². The third kappa shape index (κ3) is 2.31. The van der Waals surface area contributed by atoms with Crippen molar-refractivity contribution in [2.75, 3.05) is 6.54 Å². The first kappa shape index (κ1) is 15.1. The van der Waals surface area contributed by atoms with Crippen molar-refractivity contribution in [2.24, 2.45) is 12.8 Å². The Labute approximate surface area is 131 Å². The number of benzene rings is 1. The highest BCUT2D eigenvalue weighted by molar-refractivity contribution is 5.47. The standard InChI is InChI=1S/C18H25N3O/c1-14-12-20(2)17(22)21(14)16-9-5-4-8-15(16)18(13-19)10-6-3-7-11-18/h4-5,8-9,12H,3,6-7,10-11,13,19H2,1-2H3. The van der Waals surface area contributed by atoms with E-state index in [0.29, 0.717) is 6.54 Å². The minimum absolute atomic E-state index is 0.00734. The number of hydrogen-bond donors (Lipinski definition) is 1. The van der Waals surface area contributed by atoms with Crippen molar-refractivity contribution in [3.63, 3.8) is 0 Å². The zero-order valence-corrected chi connectivity index (χ0v) is 13.5. The molecule has 22 heavy (non-hydrogen) atoms. The molecule has 0 radical (unpaired) electrons. The Hall–Kier alpha value is -1.81. The molecule has 1 aliphatic rings. The van der Waals surface area contributed by atoms with Gasteiger partial charge in [0.2, 0.25) is 0 Å². The number of aryl methyl sites for hydroxylation is 2. The molecule has 2 N–H and O–H groups in total. The van der Waals surface area contributed by atoms with Crippen LogP contribution in [0.3, 0.4) is 0 Å². The van der Waals surface area contributed by atoms with Crippen LogP contribution in [0.1, 0.15) is 43.4 Å². The Morgan fingerprint density at radius 3 is 2.45 bits per heavy atom. The lowest BCUT2D eigenvalue weighted by molar-refractivity contribution is 0.300. The van der Waals surface area contributed by atoms with Gasteiger partial charge >= 0.3 is 5.69 Å². The number of nitrogens with two attached hydrogens (primary N) is 1. The molecule has 1 aromatic heterocycles. The largest absolute Gasteiger partial charge is 0.332 e. The van der Waals surface area contributed by atoms with E-state index in [1.54, 1.807) is 11.6 Å². The van der Waals surface area contributed by atoms with Gasteiger partial charge in [0.1, 0.15) is 0 Å². The van der Waals surface area contributed by atoms with Crippen molar-refractivity contribution < 1.29 is 0 Å². The van der Waals surface area contributed by atoms with Gasteiger partial charge in [0, 0.05) is 30.9 Å². The van der Waals surface area contributed by atoms with Gasteiger partial charge in [-0.1, -0.05) is 37.5 Å². The summed E-state index contributed by atoms with van der Waals surface area (Å²) in [5.74, 6) is 0. The molecule has 0 unspecified atom stereocenters. The lowest BCUT2D eigenvalue weighted by Crippen LogP contribution is -2.38. The highest BCUT2D eigenvalue weighted by Crippen LogP contribution is 2.41. The third-order valence-electron chi connectivity index (χ3n) is 5.14. The Balaban J connectivity index is 2.20. The summed E-state index contributed by atoms with van der Waals surface area (Å²) in [5.41, 5.74) is 9.41. The van der Waals surface area contributed by atoms with E-state index in [4.69, 9.17) is 5.73 Å². The first-order valence-electron chi connectivity index (χ1n) is 8.14. The number of rotatable bonds is 3. The molecule has 2 aromatic rings. The maximum Gasteiger partial charge on any atom is 0.332 e. The van der Waals surface area contributed by atoms with E-state index in [1.807, 2.05) is 23.8 Å². The van der Waals surface area contributed by atoms with Crippen molar-refractivity contribution in [1.29, 1.82) is 0 Å². The van der Waals surface area contributed by atoms with Gasteiger partial charge in [-0.25, -0.2) is 4.79 Å². The first-order chi connectivity index (χ1) is 10.6. The van der Waals surface area contributed by atoms with Crippen molar-refractivity contribution in [2.45, 2.75) is 44.4 Å². The second-order valence-corrected chi connectivity index (χ2v) is 6.56. The van der Waals surface area contributed by atoms with Gasteiger partial charge < -0.3 is 10.3 Å². The van der Waals surface area contributed by atoms with Crippen LogP contribution in [0.5, 0.6) is 0 Å². The van der Waals surface area contributed by atoms with E-state index in [-0.39, 0.29) is 11.1 Å². The lowest BCUT2D eigenvalue weighted by Gasteiger charge is -2.38. The molecule has 0 atom stereocenters. The Bertz CT molecular complexity index is 720. The minimum Gasteiger partial charge on any atom is -0.330 e. The number of para-hydroxylation sites is 1. The zero-order chi connectivity index (χ0) is 15.7. The number of hydrogen-bond acceptors (Lipinski definition) is 2. The van der Waals surface area contributed by atoms with E-state index in [2.05, 4.69) is 18.2 Å². The smallest absolute Gasteiger partial charge is 0.330 e. The predicted molar refractivity (Wildman–Crippen MR) is 89.6 cm³/mol. The van der Waals surface area contributed by atoms with Crippen molar-refractivity contribution in [1.82, 2.24) is 9.13 Å². The molecule has 4 nitrogen and oxygen atoms in total. The van der Waals surface area contributed by atoms with Gasteiger partial charge in [-0.15, -0.1) is 0 Å². The molecule has 4 heteroatoms.